The van der Waals surface area contributed by atoms with Gasteiger partial charge in [0, 0.05) is 44.1 Å². The molecule has 0 saturated carbocycles. The second kappa shape index (κ2) is 8.10. The van der Waals surface area contributed by atoms with Crippen LogP contribution in [0.15, 0.2) is 54.7 Å². The highest BCUT2D eigenvalue weighted by molar-refractivity contribution is 5.77. The number of aromatic nitrogens is 5. The Hall–Kier alpha value is -3.48. The maximum Gasteiger partial charge on any atom is 0.203 e. The summed E-state index contributed by atoms with van der Waals surface area (Å²) < 4.78 is 0. The number of hydrogen-bond acceptors (Lipinski definition) is 6. The highest BCUT2D eigenvalue weighted by Crippen LogP contribution is 2.22. The van der Waals surface area contributed by atoms with Gasteiger partial charge in [0.05, 0.1) is 11.0 Å². The molecule has 0 amide bonds. The average Bonchev–Trinajstić information content (AvgIpc) is 3.08. The van der Waals surface area contributed by atoms with Crippen LogP contribution in [0.4, 0.5) is 11.8 Å². The maximum absolute atomic E-state index is 4.86. The number of imidazole rings is 1. The van der Waals surface area contributed by atoms with Crippen molar-refractivity contribution in [3.8, 4) is 11.5 Å². The van der Waals surface area contributed by atoms with Crippen LogP contribution in [0.1, 0.15) is 19.0 Å². The fourth-order valence-electron chi connectivity index (χ4n) is 3.88. The van der Waals surface area contributed by atoms with E-state index in [1.165, 1.54) is 0 Å². The summed E-state index contributed by atoms with van der Waals surface area (Å²) in [6.45, 7) is 5.83. The zero-order chi connectivity index (χ0) is 20.3. The predicted octanol–water partition coefficient (Wildman–Crippen LogP) is 3.69. The van der Waals surface area contributed by atoms with Crippen LogP contribution in [0.25, 0.3) is 22.6 Å². The Kier molecular flexibility index (Phi) is 5.01. The van der Waals surface area contributed by atoms with Crippen LogP contribution in [-0.2, 0) is 6.42 Å². The number of hydrogen-bond donors (Lipinski definition) is 1. The number of rotatable bonds is 4. The lowest BCUT2D eigenvalue weighted by Gasteiger charge is -2.23. The molecule has 1 N–H and O–H groups in total. The van der Waals surface area contributed by atoms with E-state index in [0.717, 1.165) is 73.2 Å². The summed E-state index contributed by atoms with van der Waals surface area (Å²) in [6, 6.07) is 16.1. The lowest BCUT2D eigenvalue weighted by Crippen LogP contribution is -2.31. The number of nitrogens with one attached hydrogen (secondary N) is 1. The van der Waals surface area contributed by atoms with Gasteiger partial charge in [-0.15, -0.1) is 0 Å². The number of nitrogens with zero attached hydrogens (tertiary/aromatic N) is 6. The molecule has 1 saturated heterocycles. The summed E-state index contributed by atoms with van der Waals surface area (Å²) in [5.74, 6) is 2.63. The fraction of sp³-hybridized carbons (Fsp3) is 0.304. The number of aromatic amines is 1. The summed E-state index contributed by atoms with van der Waals surface area (Å²) >= 11 is 0. The van der Waals surface area contributed by atoms with E-state index in [1.54, 1.807) is 6.20 Å². The molecule has 7 heteroatoms. The highest BCUT2D eigenvalue weighted by Gasteiger charge is 2.20. The molecule has 1 aliphatic heterocycles. The van der Waals surface area contributed by atoms with Crippen molar-refractivity contribution >= 4 is 22.8 Å². The first-order valence-electron chi connectivity index (χ1n) is 10.5. The minimum absolute atomic E-state index is 0.698. The van der Waals surface area contributed by atoms with Crippen molar-refractivity contribution in [2.45, 2.75) is 19.8 Å². The molecule has 3 aromatic heterocycles. The van der Waals surface area contributed by atoms with E-state index in [2.05, 4.69) is 38.8 Å². The second-order valence-electron chi connectivity index (χ2n) is 7.51. The molecule has 1 aromatic carbocycles. The van der Waals surface area contributed by atoms with Crippen molar-refractivity contribution < 1.29 is 0 Å². The number of H-pyrrole nitrogens is 1. The molecular formula is C23H25N7. The first-order valence-corrected chi connectivity index (χ1v) is 10.5. The van der Waals surface area contributed by atoms with Gasteiger partial charge in [0.1, 0.15) is 11.5 Å². The van der Waals surface area contributed by atoms with Crippen molar-refractivity contribution in [2.24, 2.45) is 0 Å². The summed E-state index contributed by atoms with van der Waals surface area (Å²) in [4.78, 5) is 26.9. The van der Waals surface area contributed by atoms with Crippen molar-refractivity contribution in [1.82, 2.24) is 24.9 Å². The topological polar surface area (TPSA) is 73.8 Å². The van der Waals surface area contributed by atoms with E-state index in [9.17, 15) is 0 Å². The third-order valence-electron chi connectivity index (χ3n) is 5.52. The van der Waals surface area contributed by atoms with Crippen molar-refractivity contribution in [2.75, 3.05) is 36.0 Å². The SMILES string of the molecule is CCc1cc(N2CCCN(c3nc4ccccc4[nH]3)CC2)nc(-c2ccccn2)n1. The third kappa shape index (κ3) is 3.70. The van der Waals surface area contributed by atoms with E-state index in [-0.39, 0.29) is 0 Å². The lowest BCUT2D eigenvalue weighted by molar-refractivity contribution is 0.788. The quantitative estimate of drug-likeness (QED) is 0.564. The summed E-state index contributed by atoms with van der Waals surface area (Å²) in [6.07, 6.45) is 3.70. The number of pyridine rings is 1. The number of aryl methyl sites for hydroxylation is 1. The van der Waals surface area contributed by atoms with Gasteiger partial charge in [-0.2, -0.15) is 0 Å². The van der Waals surface area contributed by atoms with Gasteiger partial charge >= 0.3 is 0 Å². The maximum atomic E-state index is 4.86. The molecule has 4 aromatic rings. The van der Waals surface area contributed by atoms with Crippen LogP contribution < -0.4 is 9.80 Å². The Bertz CT molecular complexity index is 1110. The van der Waals surface area contributed by atoms with Gasteiger partial charge in [-0.1, -0.05) is 25.1 Å². The molecule has 1 fully saturated rings. The first kappa shape index (κ1) is 18.5. The third-order valence-corrected chi connectivity index (χ3v) is 5.52. The number of para-hydroxylation sites is 2. The van der Waals surface area contributed by atoms with Gasteiger partial charge in [-0.3, -0.25) is 4.98 Å². The Morgan fingerprint density at radius 3 is 2.57 bits per heavy atom. The van der Waals surface area contributed by atoms with Crippen LogP contribution >= 0.6 is 0 Å². The van der Waals surface area contributed by atoms with E-state index < -0.39 is 0 Å². The van der Waals surface area contributed by atoms with Gasteiger partial charge in [0.15, 0.2) is 5.82 Å². The Balaban J connectivity index is 1.39. The van der Waals surface area contributed by atoms with Gasteiger partial charge in [-0.05, 0) is 37.1 Å². The van der Waals surface area contributed by atoms with Crippen LogP contribution in [0, 0.1) is 0 Å². The van der Waals surface area contributed by atoms with E-state index in [0.29, 0.717) is 5.82 Å². The van der Waals surface area contributed by atoms with Crippen LogP contribution in [0.3, 0.4) is 0 Å². The highest BCUT2D eigenvalue weighted by atomic mass is 15.3. The molecular weight excluding hydrogens is 374 g/mol. The smallest absolute Gasteiger partial charge is 0.203 e. The minimum atomic E-state index is 0.698. The standard InChI is InChI=1S/C23H25N7/c1-2-17-16-21(28-22(25-17)20-10-5-6-11-24-20)29-12-7-13-30(15-14-29)23-26-18-8-3-4-9-19(18)27-23/h3-6,8-11,16H,2,7,12-15H2,1H3,(H,26,27). The normalized spacial score (nSPS) is 14.8. The molecule has 0 bridgehead atoms. The number of benzene rings is 1. The Morgan fingerprint density at radius 1 is 0.900 bits per heavy atom. The zero-order valence-electron chi connectivity index (χ0n) is 17.1. The largest absolute Gasteiger partial charge is 0.355 e. The molecule has 0 radical (unpaired) electrons. The lowest BCUT2D eigenvalue weighted by atomic mass is 10.2. The van der Waals surface area contributed by atoms with Gasteiger partial charge in [0.2, 0.25) is 5.95 Å². The molecule has 0 unspecified atom stereocenters. The molecule has 0 aliphatic carbocycles. The van der Waals surface area contributed by atoms with Crippen LogP contribution in [0.5, 0.6) is 0 Å². The van der Waals surface area contributed by atoms with Crippen molar-refractivity contribution in [3.63, 3.8) is 0 Å². The minimum Gasteiger partial charge on any atom is -0.355 e. The predicted molar refractivity (Wildman–Crippen MR) is 120 cm³/mol. The monoisotopic (exact) mass is 399 g/mol. The second-order valence-corrected chi connectivity index (χ2v) is 7.51. The van der Waals surface area contributed by atoms with Crippen molar-refractivity contribution in [3.05, 3.63) is 60.4 Å². The summed E-state index contributed by atoms with van der Waals surface area (Å²) in [5, 5.41) is 0. The van der Waals surface area contributed by atoms with Crippen molar-refractivity contribution in [1.29, 1.82) is 0 Å². The fourth-order valence-corrected chi connectivity index (χ4v) is 3.88. The van der Waals surface area contributed by atoms with E-state index in [1.807, 2.05) is 36.4 Å². The molecule has 30 heavy (non-hydrogen) atoms. The van der Waals surface area contributed by atoms with E-state index >= 15 is 0 Å². The molecule has 152 valence electrons. The number of anilines is 2. The summed E-state index contributed by atoms with van der Waals surface area (Å²) in [5.41, 5.74) is 3.95. The number of fused-ring (bicyclic) bond motifs is 1. The Labute approximate surface area is 175 Å². The van der Waals surface area contributed by atoms with E-state index in [4.69, 9.17) is 15.0 Å². The molecule has 5 rings (SSSR count). The first-order chi connectivity index (χ1) is 14.8. The Morgan fingerprint density at radius 2 is 1.73 bits per heavy atom. The van der Waals surface area contributed by atoms with Gasteiger partial charge in [-0.25, -0.2) is 15.0 Å². The van der Waals surface area contributed by atoms with Gasteiger partial charge < -0.3 is 14.8 Å². The molecule has 4 heterocycles. The van der Waals surface area contributed by atoms with Crippen LogP contribution in [-0.4, -0.2) is 51.1 Å². The molecule has 0 spiro atoms. The van der Waals surface area contributed by atoms with Crippen LogP contribution in [0.2, 0.25) is 0 Å². The average molecular weight is 400 g/mol. The molecule has 1 aliphatic rings. The molecule has 7 nitrogen and oxygen atoms in total. The van der Waals surface area contributed by atoms with Gasteiger partial charge in [0.25, 0.3) is 0 Å². The summed E-state index contributed by atoms with van der Waals surface area (Å²) in [7, 11) is 0. The molecule has 0 atom stereocenters. The zero-order valence-corrected chi connectivity index (χ0v) is 17.1.